The number of aliphatic hydroxyl groups excluding tert-OH is 1. The van der Waals surface area contributed by atoms with E-state index in [1.54, 1.807) is 19.1 Å². The molecule has 1 aromatic carbocycles. The molecular weight excluding hydrogens is 421 g/mol. The predicted molar refractivity (Wildman–Crippen MR) is 113 cm³/mol. The molecule has 0 radical (unpaired) electrons. The van der Waals surface area contributed by atoms with Crippen molar-refractivity contribution in [2.24, 2.45) is 5.73 Å². The topological polar surface area (TPSA) is 175 Å². The molecule has 1 aliphatic carbocycles. The van der Waals surface area contributed by atoms with Gasteiger partial charge in [0.15, 0.2) is 0 Å². The third-order valence-electron chi connectivity index (χ3n) is 6.63. The average Bonchev–Trinajstić information content (AvgIpc) is 2.63. The summed E-state index contributed by atoms with van der Waals surface area (Å²) in [6, 6.07) is 3.33. The molecule has 12 heteroatoms. The molecule has 1 unspecified atom stereocenters. The van der Waals surface area contributed by atoms with Crippen molar-refractivity contribution in [2.75, 3.05) is 32.8 Å². The van der Waals surface area contributed by atoms with Crippen molar-refractivity contribution in [2.45, 2.75) is 43.1 Å². The van der Waals surface area contributed by atoms with Crippen LogP contribution in [-0.4, -0.2) is 88.2 Å². The summed E-state index contributed by atoms with van der Waals surface area (Å²) in [5.41, 5.74) is 5.38. The quantitative estimate of drug-likeness (QED) is 0.265. The van der Waals surface area contributed by atoms with Crippen LogP contribution in [0.3, 0.4) is 0 Å². The van der Waals surface area contributed by atoms with Crippen molar-refractivity contribution < 1.29 is 39.2 Å². The fourth-order valence-corrected chi connectivity index (χ4v) is 4.81. The fourth-order valence-electron chi connectivity index (χ4n) is 4.81. The van der Waals surface area contributed by atoms with Gasteiger partial charge in [0.05, 0.1) is 12.4 Å². The first kappa shape index (κ1) is 22.8. The van der Waals surface area contributed by atoms with Gasteiger partial charge in [-0.2, -0.15) is 0 Å². The number of hydrogen-bond donors (Lipinski definition) is 6. The molecule has 1 amide bonds. The van der Waals surface area contributed by atoms with Crippen molar-refractivity contribution >= 4 is 18.6 Å². The molecule has 3 aliphatic rings. The third kappa shape index (κ3) is 4.04. The van der Waals surface area contributed by atoms with Gasteiger partial charge in [0.25, 0.3) is 0 Å². The van der Waals surface area contributed by atoms with E-state index in [1.807, 2.05) is 4.90 Å². The summed E-state index contributed by atoms with van der Waals surface area (Å²) in [5.74, 6) is -2.14. The number of nitrogens with two attached hydrogens (primary N) is 1. The van der Waals surface area contributed by atoms with Crippen molar-refractivity contribution in [3.63, 3.8) is 0 Å². The van der Waals surface area contributed by atoms with Crippen LogP contribution in [0.4, 0.5) is 0 Å². The standard InChI is InChI=1S/C20H29BN3O8/c1-20(22,19(28)23-6-7-25)10-24-8-11(9-24)31-15-5-3-13-12-2-4-14(12)21(29,30)32-17(13)16(15)18(26)27/h3,5,11-12,14,25,29-30H,2,4,6-10,22H2,1H3,(H,23,28)(H,26,27)/q-1/t12-,14-,20?/m1/s1. The first-order valence-electron chi connectivity index (χ1n) is 10.8. The smallest absolute Gasteiger partial charge is 0.434 e. The van der Waals surface area contributed by atoms with E-state index in [0.717, 1.165) is 6.42 Å². The second-order valence-electron chi connectivity index (χ2n) is 9.22. The number of benzene rings is 1. The van der Waals surface area contributed by atoms with Gasteiger partial charge in [-0.15, -0.1) is 0 Å². The maximum atomic E-state index is 12.1. The zero-order chi connectivity index (χ0) is 23.3. The first-order valence-corrected chi connectivity index (χ1v) is 10.8. The first-order chi connectivity index (χ1) is 15.0. The highest BCUT2D eigenvalue weighted by molar-refractivity contribution is 6.61. The van der Waals surface area contributed by atoms with Gasteiger partial charge in [-0.25, -0.2) is 4.79 Å². The van der Waals surface area contributed by atoms with Gasteiger partial charge in [-0.3, -0.25) is 9.69 Å². The Hall–Kier alpha value is -2.38. The van der Waals surface area contributed by atoms with E-state index in [-0.39, 0.29) is 54.7 Å². The second-order valence-corrected chi connectivity index (χ2v) is 9.22. The van der Waals surface area contributed by atoms with Gasteiger partial charge in [0, 0.05) is 26.2 Å². The Morgan fingerprint density at radius 3 is 2.66 bits per heavy atom. The lowest BCUT2D eigenvalue weighted by molar-refractivity contribution is -0.127. The highest BCUT2D eigenvalue weighted by Gasteiger charge is 2.50. The predicted octanol–water partition coefficient (Wildman–Crippen LogP) is -1.16. The minimum absolute atomic E-state index is 0.0350. The lowest BCUT2D eigenvalue weighted by atomic mass is 9.46. The molecule has 4 rings (SSSR count). The molecule has 11 nitrogen and oxygen atoms in total. The van der Waals surface area contributed by atoms with Crippen LogP contribution in [0.5, 0.6) is 11.5 Å². The number of fused-ring (bicyclic) bond motifs is 3. The molecule has 1 saturated carbocycles. The number of likely N-dealkylation sites (tertiary alicyclic amines) is 1. The molecule has 2 aliphatic heterocycles. The summed E-state index contributed by atoms with van der Waals surface area (Å²) >= 11 is 0. The highest BCUT2D eigenvalue weighted by atomic mass is 16.6. The number of aliphatic hydroxyl groups is 1. The number of aromatic carboxylic acids is 1. The van der Waals surface area contributed by atoms with Crippen LogP contribution < -0.4 is 20.4 Å². The normalized spacial score (nSPS) is 25.8. The molecule has 32 heavy (non-hydrogen) atoms. The van der Waals surface area contributed by atoms with Crippen molar-refractivity contribution in [3.05, 3.63) is 23.3 Å². The Balaban J connectivity index is 1.43. The molecule has 2 fully saturated rings. The van der Waals surface area contributed by atoms with Crippen LogP contribution in [0.25, 0.3) is 0 Å². The minimum atomic E-state index is -3.13. The van der Waals surface area contributed by atoms with E-state index >= 15 is 0 Å². The van der Waals surface area contributed by atoms with E-state index in [2.05, 4.69) is 5.32 Å². The average molecular weight is 450 g/mol. The zero-order valence-corrected chi connectivity index (χ0v) is 17.9. The van der Waals surface area contributed by atoms with Gasteiger partial charge in [0.1, 0.15) is 23.0 Å². The van der Waals surface area contributed by atoms with Crippen LogP contribution in [0.1, 0.15) is 41.6 Å². The molecule has 0 aromatic heterocycles. The number of nitrogens with zero attached hydrogens (tertiary/aromatic N) is 1. The summed E-state index contributed by atoms with van der Waals surface area (Å²) < 4.78 is 11.3. The number of carbonyl (C=O) groups is 2. The number of amides is 1. The minimum Gasteiger partial charge on any atom is -0.669 e. The molecule has 176 valence electrons. The number of carboxylic acid groups (broad SMARTS) is 1. The number of carboxylic acids is 1. The van der Waals surface area contributed by atoms with Crippen LogP contribution in [0, 0.1) is 0 Å². The molecule has 1 aromatic rings. The van der Waals surface area contributed by atoms with Gasteiger partial charge in [-0.1, -0.05) is 24.7 Å². The monoisotopic (exact) mass is 450 g/mol. The molecule has 1 saturated heterocycles. The Morgan fingerprint density at radius 1 is 1.34 bits per heavy atom. The second kappa shape index (κ2) is 8.20. The zero-order valence-electron chi connectivity index (χ0n) is 17.9. The molecule has 3 atom stereocenters. The van der Waals surface area contributed by atoms with Crippen LogP contribution in [0.15, 0.2) is 12.1 Å². The van der Waals surface area contributed by atoms with E-state index in [4.69, 9.17) is 20.2 Å². The molecule has 0 spiro atoms. The summed E-state index contributed by atoms with van der Waals surface area (Å²) in [7, 11) is 0. The van der Waals surface area contributed by atoms with Gasteiger partial charge in [0.2, 0.25) is 5.91 Å². The van der Waals surface area contributed by atoms with Gasteiger partial charge >= 0.3 is 12.7 Å². The van der Waals surface area contributed by atoms with E-state index in [0.29, 0.717) is 25.1 Å². The summed E-state index contributed by atoms with van der Waals surface area (Å²) in [6.07, 6.45) is 1.04. The molecular formula is C20H29BN3O8-. The van der Waals surface area contributed by atoms with Crippen LogP contribution >= 0.6 is 0 Å². The number of ether oxygens (including phenoxy) is 1. The van der Waals surface area contributed by atoms with Crippen molar-refractivity contribution in [1.82, 2.24) is 10.2 Å². The summed E-state index contributed by atoms with van der Waals surface area (Å²) in [5, 5.41) is 41.8. The van der Waals surface area contributed by atoms with Crippen molar-refractivity contribution in [3.8, 4) is 11.5 Å². The Bertz CT molecular complexity index is 918. The maximum absolute atomic E-state index is 12.1. The largest absolute Gasteiger partial charge is 0.669 e. The lowest BCUT2D eigenvalue weighted by Gasteiger charge is -2.54. The van der Waals surface area contributed by atoms with Crippen LogP contribution in [-0.2, 0) is 4.79 Å². The van der Waals surface area contributed by atoms with E-state index in [9.17, 15) is 24.7 Å². The van der Waals surface area contributed by atoms with E-state index < -0.39 is 24.1 Å². The number of nitrogens with one attached hydrogen (secondary N) is 1. The highest BCUT2D eigenvalue weighted by Crippen LogP contribution is 2.58. The number of hydrogen-bond acceptors (Lipinski definition) is 9. The Labute approximate surface area is 185 Å². The Morgan fingerprint density at radius 2 is 2.06 bits per heavy atom. The summed E-state index contributed by atoms with van der Waals surface area (Å²) in [4.78, 5) is 26.0. The molecule has 0 bridgehead atoms. The third-order valence-corrected chi connectivity index (χ3v) is 6.63. The maximum Gasteiger partial charge on any atom is 0.434 e. The number of carbonyl (C=O) groups excluding carboxylic acids is 1. The Kier molecular flexibility index (Phi) is 5.84. The van der Waals surface area contributed by atoms with E-state index in [1.165, 1.54) is 0 Å². The molecule has 2 heterocycles. The molecule has 7 N–H and O–H groups in total. The number of rotatable bonds is 8. The summed E-state index contributed by atoms with van der Waals surface area (Å²) in [6.45, 7) is -0.424. The van der Waals surface area contributed by atoms with Gasteiger partial charge < -0.3 is 40.7 Å². The lowest BCUT2D eigenvalue weighted by Crippen LogP contribution is -2.64. The van der Waals surface area contributed by atoms with Crippen molar-refractivity contribution in [1.29, 1.82) is 0 Å². The van der Waals surface area contributed by atoms with Crippen LogP contribution in [0.2, 0.25) is 5.82 Å². The fraction of sp³-hybridized carbons (Fsp3) is 0.600. The SMILES string of the molecule is CC(N)(CN1CC(Oc2ccc3c(c2C(=O)O)O[B-](O)(O)[C@@H]2CC[C@H]32)C1)C(=O)NCCO. The van der Waals surface area contributed by atoms with Gasteiger partial charge in [-0.05, 0) is 24.5 Å².